The van der Waals surface area contributed by atoms with E-state index in [0.29, 0.717) is 12.5 Å². The van der Waals surface area contributed by atoms with E-state index in [1.54, 1.807) is 0 Å². The maximum Gasteiger partial charge on any atom is 0.254 e. The number of hydrogen-bond donors (Lipinski definition) is 1. The van der Waals surface area contributed by atoms with Gasteiger partial charge in [-0.1, -0.05) is 27.5 Å². The molecule has 0 saturated heterocycles. The first-order valence-electron chi connectivity index (χ1n) is 5.56. The minimum Gasteiger partial charge on any atom is -0.351 e. The lowest BCUT2D eigenvalue weighted by molar-refractivity contribution is 0.0949. The van der Waals surface area contributed by atoms with Gasteiger partial charge in [0.25, 0.3) is 5.91 Å². The Morgan fingerprint density at radius 1 is 1.44 bits per heavy atom. The average Bonchev–Trinajstić information content (AvgIpc) is 3.14. The van der Waals surface area contributed by atoms with Gasteiger partial charge in [0, 0.05) is 11.4 Å². The van der Waals surface area contributed by atoms with Gasteiger partial charge in [-0.25, -0.2) is 8.78 Å². The molecule has 1 unspecified atom stereocenters. The van der Waals surface area contributed by atoms with Crippen LogP contribution in [0.2, 0.25) is 5.02 Å². The summed E-state index contributed by atoms with van der Waals surface area (Å²) in [6.45, 7) is 0.396. The summed E-state index contributed by atoms with van der Waals surface area (Å²) in [7, 11) is 0. The number of amides is 1. The van der Waals surface area contributed by atoms with Crippen molar-refractivity contribution in [3.05, 3.63) is 34.4 Å². The van der Waals surface area contributed by atoms with Crippen molar-refractivity contribution < 1.29 is 13.6 Å². The van der Waals surface area contributed by atoms with Crippen molar-refractivity contribution in [2.45, 2.75) is 17.7 Å². The SMILES string of the molecule is O=C(NCC(Br)C1CC1)c1cc(F)c(Cl)cc1F. The fraction of sp³-hybridized carbons (Fsp3) is 0.417. The molecule has 0 aromatic heterocycles. The molecule has 0 bridgehead atoms. The standard InChI is InChI=1S/C12H11BrClF2NO/c13-8(6-1-2-6)5-17-12(18)7-3-11(16)9(14)4-10(7)15/h3-4,6,8H,1-2,5H2,(H,17,18). The molecule has 1 aliphatic carbocycles. The van der Waals surface area contributed by atoms with E-state index < -0.39 is 17.5 Å². The summed E-state index contributed by atoms with van der Waals surface area (Å²) in [5, 5.41) is 2.24. The van der Waals surface area contributed by atoms with Crippen molar-refractivity contribution in [3.63, 3.8) is 0 Å². The molecule has 1 aromatic carbocycles. The van der Waals surface area contributed by atoms with Gasteiger partial charge in [-0.05, 0) is 30.9 Å². The van der Waals surface area contributed by atoms with Crippen LogP contribution in [0.25, 0.3) is 0 Å². The second kappa shape index (κ2) is 5.53. The topological polar surface area (TPSA) is 29.1 Å². The number of nitrogens with one attached hydrogen (secondary N) is 1. The van der Waals surface area contributed by atoms with Crippen molar-refractivity contribution >= 4 is 33.4 Å². The molecule has 1 saturated carbocycles. The Hall–Kier alpha value is -0.680. The molecule has 18 heavy (non-hydrogen) atoms. The molecule has 0 heterocycles. The van der Waals surface area contributed by atoms with E-state index in [1.165, 1.54) is 0 Å². The number of carbonyl (C=O) groups is 1. The average molecular weight is 339 g/mol. The predicted molar refractivity (Wildman–Crippen MR) is 69.1 cm³/mol. The maximum absolute atomic E-state index is 13.5. The first-order chi connectivity index (χ1) is 8.49. The Kier molecular flexibility index (Phi) is 4.22. The smallest absolute Gasteiger partial charge is 0.254 e. The first-order valence-corrected chi connectivity index (χ1v) is 6.85. The van der Waals surface area contributed by atoms with Gasteiger partial charge in [0.05, 0.1) is 10.6 Å². The molecule has 0 spiro atoms. The van der Waals surface area contributed by atoms with Crippen molar-refractivity contribution in [1.29, 1.82) is 0 Å². The van der Waals surface area contributed by atoms with Crippen molar-refractivity contribution in [2.75, 3.05) is 6.54 Å². The minimum absolute atomic E-state index is 0.182. The van der Waals surface area contributed by atoms with Gasteiger partial charge >= 0.3 is 0 Å². The molecule has 6 heteroatoms. The zero-order valence-corrected chi connectivity index (χ0v) is 11.7. The van der Waals surface area contributed by atoms with E-state index in [4.69, 9.17) is 11.6 Å². The summed E-state index contributed by atoms with van der Waals surface area (Å²) in [6, 6.07) is 1.62. The van der Waals surface area contributed by atoms with Gasteiger partial charge < -0.3 is 5.32 Å². The molecule has 0 aliphatic heterocycles. The van der Waals surface area contributed by atoms with E-state index in [2.05, 4.69) is 21.2 Å². The third-order valence-electron chi connectivity index (χ3n) is 2.85. The zero-order chi connectivity index (χ0) is 13.3. The lowest BCUT2D eigenvalue weighted by Crippen LogP contribution is -2.31. The molecule has 1 aliphatic rings. The van der Waals surface area contributed by atoms with Gasteiger partial charge in [0.2, 0.25) is 0 Å². The highest BCUT2D eigenvalue weighted by molar-refractivity contribution is 9.09. The minimum atomic E-state index is -0.823. The van der Waals surface area contributed by atoms with Crippen LogP contribution in [-0.4, -0.2) is 17.3 Å². The lowest BCUT2D eigenvalue weighted by atomic mass is 10.2. The fourth-order valence-corrected chi connectivity index (χ4v) is 2.45. The third kappa shape index (κ3) is 3.20. The van der Waals surface area contributed by atoms with Gasteiger partial charge in [-0.2, -0.15) is 0 Å². The summed E-state index contributed by atoms with van der Waals surface area (Å²) < 4.78 is 26.6. The molecule has 1 amide bonds. The van der Waals surface area contributed by atoms with E-state index in [9.17, 15) is 13.6 Å². The number of alkyl halides is 1. The number of benzene rings is 1. The molecular formula is C12H11BrClF2NO. The number of carbonyl (C=O) groups excluding carboxylic acids is 1. The van der Waals surface area contributed by atoms with Crippen LogP contribution in [0.15, 0.2) is 12.1 Å². The number of halogens is 4. The van der Waals surface area contributed by atoms with Crippen LogP contribution in [0.5, 0.6) is 0 Å². The van der Waals surface area contributed by atoms with Crippen LogP contribution < -0.4 is 5.32 Å². The van der Waals surface area contributed by atoms with Gasteiger partial charge in [0.1, 0.15) is 11.6 Å². The summed E-state index contributed by atoms with van der Waals surface area (Å²) in [6.07, 6.45) is 2.27. The third-order valence-corrected chi connectivity index (χ3v) is 4.21. The van der Waals surface area contributed by atoms with Crippen molar-refractivity contribution in [3.8, 4) is 0 Å². The van der Waals surface area contributed by atoms with E-state index in [-0.39, 0.29) is 15.4 Å². The molecule has 2 rings (SSSR count). The largest absolute Gasteiger partial charge is 0.351 e. The van der Waals surface area contributed by atoms with Crippen LogP contribution in [0, 0.1) is 17.6 Å². The zero-order valence-electron chi connectivity index (χ0n) is 9.35. The fourth-order valence-electron chi connectivity index (χ4n) is 1.61. The summed E-state index contributed by atoms with van der Waals surface area (Å²) in [5.41, 5.74) is -0.326. The van der Waals surface area contributed by atoms with Crippen LogP contribution >= 0.6 is 27.5 Å². The van der Waals surface area contributed by atoms with Crippen LogP contribution in [-0.2, 0) is 0 Å². The summed E-state index contributed by atoms with van der Waals surface area (Å²) >= 11 is 8.86. The monoisotopic (exact) mass is 337 g/mol. The van der Waals surface area contributed by atoms with Crippen LogP contribution in [0.1, 0.15) is 23.2 Å². The maximum atomic E-state index is 13.5. The Balaban J connectivity index is 2.01. The summed E-state index contributed by atoms with van der Waals surface area (Å²) in [5.74, 6) is -1.69. The molecular weight excluding hydrogens is 327 g/mol. The molecule has 0 radical (unpaired) electrons. The molecule has 98 valence electrons. The first kappa shape index (κ1) is 13.7. The Bertz CT molecular complexity index is 479. The van der Waals surface area contributed by atoms with Crippen LogP contribution in [0.4, 0.5) is 8.78 Å². The highest BCUT2D eigenvalue weighted by atomic mass is 79.9. The van der Waals surface area contributed by atoms with Gasteiger partial charge in [-0.3, -0.25) is 4.79 Å². The second-order valence-corrected chi connectivity index (χ2v) is 5.89. The van der Waals surface area contributed by atoms with Gasteiger partial charge in [0.15, 0.2) is 0 Å². The Morgan fingerprint density at radius 3 is 2.72 bits per heavy atom. The van der Waals surface area contributed by atoms with Crippen LogP contribution in [0.3, 0.4) is 0 Å². The molecule has 1 N–H and O–H groups in total. The van der Waals surface area contributed by atoms with Crippen molar-refractivity contribution in [1.82, 2.24) is 5.32 Å². The highest BCUT2D eigenvalue weighted by Crippen LogP contribution is 2.36. The van der Waals surface area contributed by atoms with E-state index in [0.717, 1.165) is 25.0 Å². The van der Waals surface area contributed by atoms with E-state index in [1.807, 2.05) is 0 Å². The molecule has 2 nitrogen and oxygen atoms in total. The molecule has 1 aromatic rings. The van der Waals surface area contributed by atoms with Crippen molar-refractivity contribution in [2.24, 2.45) is 5.92 Å². The number of hydrogen-bond acceptors (Lipinski definition) is 1. The van der Waals surface area contributed by atoms with Gasteiger partial charge in [-0.15, -0.1) is 0 Å². The molecule has 1 atom stereocenters. The Morgan fingerprint density at radius 2 is 2.11 bits per heavy atom. The Labute approximate surface area is 117 Å². The lowest BCUT2D eigenvalue weighted by Gasteiger charge is -2.10. The normalized spacial score (nSPS) is 16.4. The highest BCUT2D eigenvalue weighted by Gasteiger charge is 2.29. The quantitative estimate of drug-likeness (QED) is 0.660. The number of rotatable bonds is 4. The predicted octanol–water partition coefficient (Wildman–Crippen LogP) is 3.52. The van der Waals surface area contributed by atoms with E-state index >= 15 is 0 Å². The summed E-state index contributed by atoms with van der Waals surface area (Å²) in [4.78, 5) is 11.9. The second-order valence-electron chi connectivity index (χ2n) is 4.31. The molecule has 1 fully saturated rings.